The van der Waals surface area contributed by atoms with E-state index in [0.717, 1.165) is 0 Å². The first-order valence-corrected chi connectivity index (χ1v) is 8.48. The number of rotatable bonds is 10. The maximum atomic E-state index is 11.1. The largest absolute Gasteiger partial charge is 0.393 e. The van der Waals surface area contributed by atoms with Crippen molar-refractivity contribution in [1.82, 2.24) is 0 Å². The molecule has 0 aromatic carbocycles. The second kappa shape index (κ2) is 13.1. The molecule has 1 aliphatic rings. The van der Waals surface area contributed by atoms with Crippen molar-refractivity contribution in [3.05, 3.63) is 25.3 Å². The second-order valence-corrected chi connectivity index (χ2v) is 5.99. The number of esters is 2. The van der Waals surface area contributed by atoms with Gasteiger partial charge in [0.1, 0.15) is 0 Å². The Morgan fingerprint density at radius 3 is 1.96 bits per heavy atom. The Balaban J connectivity index is 0.000000438. The molecule has 0 aliphatic carbocycles. The molecule has 4 heteroatoms. The summed E-state index contributed by atoms with van der Waals surface area (Å²) in [6, 6.07) is 0. The lowest BCUT2D eigenvalue weighted by Crippen LogP contribution is -2.21. The lowest BCUT2D eigenvalue weighted by atomic mass is 9.91. The van der Waals surface area contributed by atoms with Crippen LogP contribution in [0.2, 0.25) is 0 Å². The van der Waals surface area contributed by atoms with Gasteiger partial charge >= 0.3 is 11.9 Å². The predicted molar refractivity (Wildman–Crippen MR) is 92.9 cm³/mol. The minimum absolute atomic E-state index is 0.0223. The number of cyclic esters (lactones) is 2. The van der Waals surface area contributed by atoms with E-state index in [1.807, 2.05) is 19.1 Å². The Hall–Kier alpha value is -1.42. The van der Waals surface area contributed by atoms with E-state index in [2.05, 4.69) is 17.9 Å². The van der Waals surface area contributed by atoms with E-state index >= 15 is 0 Å². The fourth-order valence-electron chi connectivity index (χ4n) is 2.32. The van der Waals surface area contributed by atoms with Crippen molar-refractivity contribution in [2.45, 2.75) is 64.9 Å². The number of ether oxygens (including phenoxy) is 2. The zero-order valence-corrected chi connectivity index (χ0v) is 14.9. The summed E-state index contributed by atoms with van der Waals surface area (Å²) in [7, 11) is 1.58. The summed E-state index contributed by atoms with van der Waals surface area (Å²) in [6.45, 7) is 10.9. The predicted octanol–water partition coefficient (Wildman–Crippen LogP) is 4.45. The fraction of sp³-hybridized carbons (Fsp3) is 0.684. The van der Waals surface area contributed by atoms with Crippen molar-refractivity contribution in [2.75, 3.05) is 7.11 Å². The highest BCUT2D eigenvalue weighted by molar-refractivity contribution is 5.96. The van der Waals surface area contributed by atoms with Crippen LogP contribution in [-0.4, -0.2) is 25.2 Å². The summed E-state index contributed by atoms with van der Waals surface area (Å²) in [5.41, 5.74) is 0. The van der Waals surface area contributed by atoms with Gasteiger partial charge in [-0.05, 0) is 39.0 Å². The molecule has 3 atom stereocenters. The summed E-state index contributed by atoms with van der Waals surface area (Å²) in [5.74, 6) is -1.49. The molecule has 3 unspecified atom stereocenters. The first-order chi connectivity index (χ1) is 11.0. The third-order valence-electron chi connectivity index (χ3n) is 4.03. The van der Waals surface area contributed by atoms with Crippen molar-refractivity contribution >= 4 is 11.9 Å². The van der Waals surface area contributed by atoms with Gasteiger partial charge < -0.3 is 9.47 Å². The molecule has 1 aliphatic heterocycles. The number of allylic oxidation sites excluding steroid dienone is 2. The number of unbranched alkanes of at least 4 members (excludes halogenated alkanes) is 5. The van der Waals surface area contributed by atoms with Crippen molar-refractivity contribution in [3.8, 4) is 0 Å². The van der Waals surface area contributed by atoms with Gasteiger partial charge in [-0.1, -0.05) is 31.9 Å². The van der Waals surface area contributed by atoms with Gasteiger partial charge in [0, 0.05) is 7.11 Å². The number of hydrogen-bond donors (Lipinski definition) is 0. The van der Waals surface area contributed by atoms with Crippen molar-refractivity contribution in [2.24, 2.45) is 11.8 Å². The smallest absolute Gasteiger partial charge is 0.317 e. The van der Waals surface area contributed by atoms with Gasteiger partial charge in [0.05, 0.1) is 17.9 Å². The summed E-state index contributed by atoms with van der Waals surface area (Å²) in [5, 5.41) is 0. The van der Waals surface area contributed by atoms with Crippen LogP contribution < -0.4 is 0 Å². The van der Waals surface area contributed by atoms with E-state index in [-0.39, 0.29) is 17.9 Å². The van der Waals surface area contributed by atoms with Crippen LogP contribution in [0, 0.1) is 11.8 Å². The molecule has 0 radical (unpaired) electrons. The molecular weight excluding hydrogens is 292 g/mol. The Labute approximate surface area is 140 Å². The first-order valence-electron chi connectivity index (χ1n) is 8.48. The van der Waals surface area contributed by atoms with E-state index in [0.29, 0.717) is 6.42 Å². The Bertz CT molecular complexity index is 364. The van der Waals surface area contributed by atoms with Crippen LogP contribution in [0.5, 0.6) is 0 Å². The summed E-state index contributed by atoms with van der Waals surface area (Å²) >= 11 is 0. The third-order valence-corrected chi connectivity index (χ3v) is 4.03. The Morgan fingerprint density at radius 2 is 1.61 bits per heavy atom. The Morgan fingerprint density at radius 1 is 1.09 bits per heavy atom. The maximum Gasteiger partial charge on any atom is 0.317 e. The minimum atomic E-state index is -0.418. The molecule has 0 N–H and O–H groups in total. The van der Waals surface area contributed by atoms with Crippen molar-refractivity contribution in [1.29, 1.82) is 0 Å². The van der Waals surface area contributed by atoms with E-state index in [4.69, 9.17) is 4.74 Å². The number of methoxy groups -OCH3 is 1. The average molecular weight is 324 g/mol. The third kappa shape index (κ3) is 9.34. The lowest BCUT2D eigenvalue weighted by molar-refractivity contribution is -0.153. The minimum Gasteiger partial charge on any atom is -0.393 e. The van der Waals surface area contributed by atoms with E-state index in [1.165, 1.54) is 38.5 Å². The summed E-state index contributed by atoms with van der Waals surface area (Å²) in [4.78, 5) is 22.1. The number of carbonyl (C=O) groups excluding carboxylic acids is 2. The highest BCUT2D eigenvalue weighted by atomic mass is 16.6. The molecular formula is C19H32O4. The standard InChI is InChI=1S/C10H18.C9H14O4/c1-3-5-7-9-10-8-6-4-2;1-5(12-3)4-7-6(2)8(10)13-9(7)11/h3-4H,1-2,5-10H2;5-7H,4H2,1-3H3. The molecule has 1 fully saturated rings. The van der Waals surface area contributed by atoms with Crippen molar-refractivity contribution in [3.63, 3.8) is 0 Å². The van der Waals surface area contributed by atoms with Crippen LogP contribution in [-0.2, 0) is 19.1 Å². The quantitative estimate of drug-likeness (QED) is 0.258. The Kier molecular flexibility index (Phi) is 12.3. The highest BCUT2D eigenvalue weighted by Crippen LogP contribution is 2.27. The van der Waals surface area contributed by atoms with Gasteiger partial charge in [-0.2, -0.15) is 0 Å². The van der Waals surface area contributed by atoms with Gasteiger partial charge in [-0.15, -0.1) is 13.2 Å². The molecule has 0 spiro atoms. The van der Waals surface area contributed by atoms with Crippen LogP contribution >= 0.6 is 0 Å². The molecule has 23 heavy (non-hydrogen) atoms. The number of carbonyl (C=O) groups is 2. The molecule has 0 aromatic rings. The maximum absolute atomic E-state index is 11.1. The molecule has 0 bridgehead atoms. The fourth-order valence-corrected chi connectivity index (χ4v) is 2.32. The van der Waals surface area contributed by atoms with E-state index in [1.54, 1.807) is 14.0 Å². The zero-order chi connectivity index (χ0) is 17.7. The van der Waals surface area contributed by atoms with Crippen LogP contribution in [0.3, 0.4) is 0 Å². The lowest BCUT2D eigenvalue weighted by Gasteiger charge is -2.13. The molecule has 0 amide bonds. The monoisotopic (exact) mass is 324 g/mol. The van der Waals surface area contributed by atoms with Crippen molar-refractivity contribution < 1.29 is 19.1 Å². The molecule has 0 aromatic heterocycles. The van der Waals surface area contributed by atoms with Gasteiger partial charge in [0.15, 0.2) is 0 Å². The summed E-state index contributed by atoms with van der Waals surface area (Å²) in [6.07, 6.45) is 12.2. The molecule has 4 nitrogen and oxygen atoms in total. The SMILES string of the molecule is C=CCCCCCCC=C.COC(C)CC1C(=O)OC(=O)C1C. The molecule has 1 saturated heterocycles. The number of hydrogen-bond acceptors (Lipinski definition) is 4. The average Bonchev–Trinajstić information content (AvgIpc) is 2.77. The molecule has 0 saturated carbocycles. The van der Waals surface area contributed by atoms with Gasteiger partial charge in [0.2, 0.25) is 0 Å². The topological polar surface area (TPSA) is 52.6 Å². The normalized spacial score (nSPS) is 21.2. The zero-order valence-electron chi connectivity index (χ0n) is 14.9. The molecule has 1 heterocycles. The van der Waals surface area contributed by atoms with Gasteiger partial charge in [0.25, 0.3) is 0 Å². The van der Waals surface area contributed by atoms with Crippen LogP contribution in [0.4, 0.5) is 0 Å². The summed E-state index contributed by atoms with van der Waals surface area (Å²) < 4.78 is 9.52. The first kappa shape index (κ1) is 21.6. The van der Waals surface area contributed by atoms with Gasteiger partial charge in [-0.25, -0.2) is 0 Å². The van der Waals surface area contributed by atoms with E-state index < -0.39 is 11.9 Å². The van der Waals surface area contributed by atoms with Crippen LogP contribution in [0.15, 0.2) is 25.3 Å². The second-order valence-electron chi connectivity index (χ2n) is 5.99. The molecule has 1 rings (SSSR count). The highest BCUT2D eigenvalue weighted by Gasteiger charge is 2.41. The van der Waals surface area contributed by atoms with Crippen LogP contribution in [0.1, 0.15) is 58.8 Å². The molecule has 132 valence electrons. The van der Waals surface area contributed by atoms with Gasteiger partial charge in [-0.3, -0.25) is 9.59 Å². The van der Waals surface area contributed by atoms with E-state index in [9.17, 15) is 9.59 Å². The van der Waals surface area contributed by atoms with Crippen LogP contribution in [0.25, 0.3) is 0 Å².